The molecule has 1 aromatic rings. The Morgan fingerprint density at radius 2 is 1.59 bits per heavy atom. The number of carbonyl (C=O) groups excluding carboxylic acids is 1. The van der Waals surface area contributed by atoms with Gasteiger partial charge in [0.25, 0.3) is 0 Å². The molecule has 0 unspecified atom stereocenters. The Balaban J connectivity index is 2.42. The van der Waals surface area contributed by atoms with Crippen molar-refractivity contribution >= 4 is 11.7 Å². The maximum atomic E-state index is 13.9. The van der Waals surface area contributed by atoms with Gasteiger partial charge >= 0.3 is 12.4 Å². The minimum Gasteiger partial charge on any atom is -0.383 e. The molecule has 0 radical (unpaired) electrons. The highest BCUT2D eigenvalue weighted by molar-refractivity contribution is 5.98. The molecule has 1 aliphatic carbocycles. The Labute approximate surface area is 209 Å². The fourth-order valence-electron chi connectivity index (χ4n) is 3.39. The van der Waals surface area contributed by atoms with Crippen molar-refractivity contribution in [1.82, 2.24) is 0 Å². The topological polar surface area (TPSA) is 81.5 Å². The number of amidine groups is 1. The molecule has 0 saturated carbocycles. The van der Waals surface area contributed by atoms with E-state index in [0.29, 0.717) is 36.1 Å². The lowest BCUT2D eigenvalue weighted by atomic mass is 9.98. The first-order valence-electron chi connectivity index (χ1n) is 11.2. The fourth-order valence-corrected chi connectivity index (χ4v) is 3.39. The Hall–Kier alpha value is -3.63. The fraction of sp³-hybridized carbons (Fsp3) is 0.308. The number of aliphatic imine (C=N–C) groups is 1. The van der Waals surface area contributed by atoms with Crippen LogP contribution in [-0.4, -0.2) is 11.7 Å². The normalized spacial score (nSPS) is 16.1. The molecule has 4 N–H and O–H groups in total. The summed E-state index contributed by atoms with van der Waals surface area (Å²) in [4.78, 5) is 15.9. The molecule has 200 valence electrons. The molecule has 0 aliphatic heterocycles. The predicted octanol–water partition coefficient (Wildman–Crippen LogP) is 7.05. The number of rotatable bonds is 8. The Kier molecular flexibility index (Phi) is 9.66. The van der Waals surface area contributed by atoms with E-state index in [0.717, 1.165) is 5.57 Å². The number of hydrogen-bond acceptors (Lipinski definition) is 2. The second-order valence-corrected chi connectivity index (χ2v) is 8.20. The van der Waals surface area contributed by atoms with Crippen LogP contribution in [0.5, 0.6) is 0 Å². The summed E-state index contributed by atoms with van der Waals surface area (Å²) in [7, 11) is 0. The molecule has 0 fully saturated rings. The summed E-state index contributed by atoms with van der Waals surface area (Å²) >= 11 is 0. The minimum absolute atomic E-state index is 0.00187. The van der Waals surface area contributed by atoms with Gasteiger partial charge in [-0.05, 0) is 54.7 Å². The molecule has 1 aromatic carbocycles. The molecule has 0 bridgehead atoms. The molecule has 37 heavy (non-hydrogen) atoms. The quantitative estimate of drug-likeness (QED) is 0.164. The lowest BCUT2D eigenvalue weighted by Crippen LogP contribution is -2.18. The third-order valence-corrected chi connectivity index (χ3v) is 5.52. The third-order valence-electron chi connectivity index (χ3n) is 5.52. The Morgan fingerprint density at radius 3 is 2.08 bits per heavy atom. The van der Waals surface area contributed by atoms with Gasteiger partial charge in [-0.15, -0.1) is 0 Å². The van der Waals surface area contributed by atoms with E-state index in [1.165, 1.54) is 24.4 Å². The van der Waals surface area contributed by atoms with Crippen LogP contribution in [-0.2, 0) is 17.1 Å². The van der Waals surface area contributed by atoms with Gasteiger partial charge in [-0.2, -0.15) is 26.3 Å². The molecule has 1 amide bonds. The van der Waals surface area contributed by atoms with E-state index in [1.54, 1.807) is 13.0 Å². The van der Waals surface area contributed by atoms with E-state index < -0.39 is 40.8 Å². The van der Waals surface area contributed by atoms with Crippen molar-refractivity contribution in [1.29, 1.82) is 0 Å². The number of primary amides is 1. The van der Waals surface area contributed by atoms with Gasteiger partial charge in [-0.3, -0.25) is 4.79 Å². The molecule has 4 nitrogen and oxygen atoms in total. The third kappa shape index (κ3) is 8.47. The number of alkyl halides is 6. The van der Waals surface area contributed by atoms with E-state index in [2.05, 4.69) is 4.99 Å². The van der Waals surface area contributed by atoms with E-state index in [-0.39, 0.29) is 30.3 Å². The summed E-state index contributed by atoms with van der Waals surface area (Å²) in [6.07, 6.45) is -1.79. The molecule has 0 aromatic heterocycles. The number of nitrogens with two attached hydrogens (primary N) is 2. The number of nitrogens with zero attached hydrogens (tertiary/aromatic N) is 1. The zero-order valence-corrected chi connectivity index (χ0v) is 20.1. The summed E-state index contributed by atoms with van der Waals surface area (Å²) < 4.78 is 92.6. The van der Waals surface area contributed by atoms with Crippen LogP contribution in [0, 0.1) is 0 Å². The van der Waals surface area contributed by atoms with Gasteiger partial charge in [0.15, 0.2) is 0 Å². The van der Waals surface area contributed by atoms with Crippen molar-refractivity contribution in [3.05, 3.63) is 93.5 Å². The highest BCUT2D eigenvalue weighted by Gasteiger charge is 2.37. The zero-order valence-electron chi connectivity index (χ0n) is 20.1. The Morgan fingerprint density at radius 1 is 1.00 bits per heavy atom. The summed E-state index contributed by atoms with van der Waals surface area (Å²) in [5.41, 5.74) is 9.54. The average Bonchev–Trinajstić information content (AvgIpc) is 3.00. The van der Waals surface area contributed by atoms with Crippen molar-refractivity contribution < 1.29 is 35.5 Å². The molecular formula is C26H26F7N3O. The first-order chi connectivity index (χ1) is 17.1. The standard InChI is InChI=1S/C26H26F7N3O/c1-3-15(5-8-22(24(35)37)17-6-7-21(27)10-16(4-2)9-17)14-36-23(34)18-11-19(25(28,29)30)13-20(12-18)26(31,32)33/h6-9,11-14H,3-5,10H2,1-2H3,(H2,34,36)(H2,35,37)/b15-14+,22-8?. The van der Waals surface area contributed by atoms with Crippen molar-refractivity contribution in [3.8, 4) is 0 Å². The monoisotopic (exact) mass is 529 g/mol. The Bertz CT molecular complexity index is 1180. The van der Waals surface area contributed by atoms with Crippen LogP contribution in [0.1, 0.15) is 56.2 Å². The van der Waals surface area contributed by atoms with Gasteiger partial charge in [0.2, 0.25) is 5.91 Å². The van der Waals surface area contributed by atoms with Crippen LogP contribution < -0.4 is 11.5 Å². The molecule has 11 heteroatoms. The van der Waals surface area contributed by atoms with Crippen LogP contribution >= 0.6 is 0 Å². The number of halogens is 7. The van der Waals surface area contributed by atoms with Gasteiger partial charge in [0.05, 0.1) is 11.1 Å². The second-order valence-electron chi connectivity index (χ2n) is 8.20. The summed E-state index contributed by atoms with van der Waals surface area (Å²) in [6, 6.07) is 0.977. The second kappa shape index (κ2) is 12.1. The lowest BCUT2D eigenvalue weighted by molar-refractivity contribution is -0.143. The first-order valence-corrected chi connectivity index (χ1v) is 11.2. The van der Waals surface area contributed by atoms with Gasteiger partial charge < -0.3 is 11.5 Å². The highest BCUT2D eigenvalue weighted by Crippen LogP contribution is 2.36. The van der Waals surface area contributed by atoms with E-state index in [4.69, 9.17) is 11.5 Å². The van der Waals surface area contributed by atoms with Crippen LogP contribution in [0.4, 0.5) is 30.7 Å². The molecule has 2 rings (SSSR count). The van der Waals surface area contributed by atoms with E-state index >= 15 is 0 Å². The van der Waals surface area contributed by atoms with Crippen molar-refractivity contribution in [3.63, 3.8) is 0 Å². The van der Waals surface area contributed by atoms with Crippen molar-refractivity contribution in [2.24, 2.45) is 16.5 Å². The van der Waals surface area contributed by atoms with Crippen LogP contribution in [0.15, 0.2) is 81.8 Å². The number of carbonyl (C=O) groups is 1. The largest absolute Gasteiger partial charge is 0.416 e. The van der Waals surface area contributed by atoms with Gasteiger partial charge in [-0.25, -0.2) is 9.38 Å². The smallest absolute Gasteiger partial charge is 0.383 e. The van der Waals surface area contributed by atoms with E-state index in [1.807, 2.05) is 6.92 Å². The number of benzene rings is 1. The minimum atomic E-state index is -5.02. The van der Waals surface area contributed by atoms with Crippen molar-refractivity contribution in [2.45, 2.75) is 51.9 Å². The summed E-state index contributed by atoms with van der Waals surface area (Å²) in [6.45, 7) is 3.58. The van der Waals surface area contributed by atoms with Gasteiger partial charge in [-0.1, -0.05) is 37.6 Å². The van der Waals surface area contributed by atoms with Crippen LogP contribution in [0.25, 0.3) is 0 Å². The van der Waals surface area contributed by atoms with E-state index in [9.17, 15) is 35.5 Å². The number of allylic oxidation sites excluding steroid dienone is 7. The molecule has 0 atom stereocenters. The van der Waals surface area contributed by atoms with Crippen LogP contribution in [0.2, 0.25) is 0 Å². The van der Waals surface area contributed by atoms with Gasteiger partial charge in [0, 0.05) is 23.8 Å². The van der Waals surface area contributed by atoms with Crippen molar-refractivity contribution in [2.75, 3.05) is 0 Å². The molecule has 1 aliphatic rings. The molecule has 0 saturated heterocycles. The van der Waals surface area contributed by atoms with Gasteiger partial charge in [0.1, 0.15) is 11.7 Å². The maximum Gasteiger partial charge on any atom is 0.416 e. The summed E-state index contributed by atoms with van der Waals surface area (Å²) in [5.74, 6) is -1.67. The molecule has 0 spiro atoms. The summed E-state index contributed by atoms with van der Waals surface area (Å²) in [5, 5.41) is 0. The number of hydrogen-bond donors (Lipinski definition) is 2. The maximum absolute atomic E-state index is 13.9. The zero-order chi connectivity index (χ0) is 28.0. The molecular weight excluding hydrogens is 503 g/mol. The van der Waals surface area contributed by atoms with Crippen LogP contribution in [0.3, 0.4) is 0 Å². The SMILES string of the molecule is CCC1=CC(C(=CC/C(=C/N=C(N)c2cc(C(F)(F)F)cc(C(F)(F)F)c2)CC)C(N)=O)=CC=C(F)C1. The predicted molar refractivity (Wildman–Crippen MR) is 128 cm³/mol. The average molecular weight is 530 g/mol. The first kappa shape index (κ1) is 29.6. The highest BCUT2D eigenvalue weighted by atomic mass is 19.4. The molecule has 0 heterocycles. The number of amides is 1. The lowest BCUT2D eigenvalue weighted by Gasteiger charge is -2.14.